The van der Waals surface area contributed by atoms with Gasteiger partial charge in [-0.3, -0.25) is 0 Å². The maximum atomic E-state index is 5.45. The summed E-state index contributed by atoms with van der Waals surface area (Å²) in [6.45, 7) is 3.60. The van der Waals surface area contributed by atoms with Crippen molar-refractivity contribution < 1.29 is 9.47 Å². The van der Waals surface area contributed by atoms with Crippen molar-refractivity contribution in [3.63, 3.8) is 0 Å². The van der Waals surface area contributed by atoms with Gasteiger partial charge < -0.3 is 15.2 Å². The van der Waals surface area contributed by atoms with Crippen LogP contribution in [0.1, 0.15) is 12.5 Å². The molecule has 0 aromatic heterocycles. The molecule has 0 unspecified atom stereocenters. The highest BCUT2D eigenvalue weighted by Crippen LogP contribution is 2.12. The van der Waals surface area contributed by atoms with Crippen molar-refractivity contribution in [1.29, 1.82) is 0 Å². The van der Waals surface area contributed by atoms with Crippen molar-refractivity contribution in [2.24, 2.45) is 5.73 Å². The Balaban J connectivity index is 2.38. The third kappa shape index (κ3) is 3.77. The zero-order valence-electron chi connectivity index (χ0n) is 8.53. The molecule has 0 fully saturated rings. The fourth-order valence-corrected chi connectivity index (χ4v) is 1.11. The Hall–Kier alpha value is -1.06. The van der Waals surface area contributed by atoms with E-state index in [1.165, 1.54) is 5.56 Å². The van der Waals surface area contributed by atoms with E-state index in [4.69, 9.17) is 15.2 Å². The molecule has 0 saturated carbocycles. The Morgan fingerprint density at radius 1 is 1.21 bits per heavy atom. The second kappa shape index (κ2) is 6.40. The Morgan fingerprint density at radius 2 is 1.93 bits per heavy atom. The molecule has 3 nitrogen and oxygen atoms in total. The van der Waals surface area contributed by atoms with Gasteiger partial charge in [0.05, 0.1) is 0 Å². The first-order valence-corrected chi connectivity index (χ1v) is 4.86. The van der Waals surface area contributed by atoms with Gasteiger partial charge in [0, 0.05) is 6.61 Å². The number of rotatable bonds is 6. The lowest BCUT2D eigenvalue weighted by Gasteiger charge is -2.06. The van der Waals surface area contributed by atoms with E-state index in [1.54, 1.807) is 0 Å². The predicted octanol–water partition coefficient (Wildman–Crippen LogP) is 1.56. The molecule has 0 heterocycles. The smallest absolute Gasteiger partial charge is 0.189 e. The van der Waals surface area contributed by atoms with E-state index in [-0.39, 0.29) is 0 Å². The first-order valence-electron chi connectivity index (χ1n) is 4.86. The molecular formula is C11H17NO2. The number of ether oxygens (including phenoxy) is 2. The summed E-state index contributed by atoms with van der Waals surface area (Å²) in [4.78, 5) is 0. The average molecular weight is 195 g/mol. The summed E-state index contributed by atoms with van der Waals surface area (Å²) in [5, 5.41) is 0. The van der Waals surface area contributed by atoms with Crippen LogP contribution in [-0.4, -0.2) is 19.9 Å². The first-order chi connectivity index (χ1) is 6.86. The van der Waals surface area contributed by atoms with Crippen LogP contribution in [0.15, 0.2) is 24.3 Å². The summed E-state index contributed by atoms with van der Waals surface area (Å²) in [5.41, 5.74) is 6.68. The zero-order valence-corrected chi connectivity index (χ0v) is 8.53. The van der Waals surface area contributed by atoms with E-state index >= 15 is 0 Å². The number of hydrogen-bond acceptors (Lipinski definition) is 3. The highest BCUT2D eigenvalue weighted by atomic mass is 16.7. The van der Waals surface area contributed by atoms with Crippen LogP contribution in [0.5, 0.6) is 5.75 Å². The quantitative estimate of drug-likeness (QED) is 0.553. The first kappa shape index (κ1) is 11.0. The third-order valence-corrected chi connectivity index (χ3v) is 1.87. The van der Waals surface area contributed by atoms with Gasteiger partial charge >= 0.3 is 0 Å². The van der Waals surface area contributed by atoms with Crippen LogP contribution in [0.2, 0.25) is 0 Å². The maximum Gasteiger partial charge on any atom is 0.189 e. The topological polar surface area (TPSA) is 44.5 Å². The highest BCUT2D eigenvalue weighted by molar-refractivity contribution is 5.27. The van der Waals surface area contributed by atoms with Gasteiger partial charge in [0.1, 0.15) is 5.75 Å². The van der Waals surface area contributed by atoms with Crippen LogP contribution in [0, 0.1) is 0 Å². The fraction of sp³-hybridized carbons (Fsp3) is 0.455. The molecule has 0 aliphatic rings. The summed E-state index contributed by atoms with van der Waals surface area (Å²) in [5.74, 6) is 0.833. The molecule has 1 aromatic carbocycles. The Kier molecular flexibility index (Phi) is 5.04. The number of hydrogen-bond donors (Lipinski definition) is 1. The maximum absolute atomic E-state index is 5.45. The lowest BCUT2D eigenvalue weighted by Crippen LogP contribution is -2.03. The molecule has 0 radical (unpaired) electrons. The van der Waals surface area contributed by atoms with Gasteiger partial charge in [-0.1, -0.05) is 12.1 Å². The molecule has 0 aliphatic heterocycles. The van der Waals surface area contributed by atoms with E-state index in [2.05, 4.69) is 0 Å². The molecule has 0 saturated heterocycles. The van der Waals surface area contributed by atoms with Crippen LogP contribution in [0.25, 0.3) is 0 Å². The van der Waals surface area contributed by atoms with Gasteiger partial charge in [0.25, 0.3) is 0 Å². The normalized spacial score (nSPS) is 10.1. The van der Waals surface area contributed by atoms with Gasteiger partial charge in [0.2, 0.25) is 0 Å². The molecule has 3 heteroatoms. The lowest BCUT2D eigenvalue weighted by molar-refractivity contribution is 0.0224. The standard InChI is InChI=1S/C11H17NO2/c1-2-13-9-14-11-5-3-10(4-6-11)7-8-12/h3-6H,2,7-9,12H2,1H3. The molecule has 78 valence electrons. The van der Waals surface area contributed by atoms with Crippen molar-refractivity contribution in [2.45, 2.75) is 13.3 Å². The summed E-state index contributed by atoms with van der Waals surface area (Å²) in [6, 6.07) is 7.91. The van der Waals surface area contributed by atoms with Crippen LogP contribution < -0.4 is 10.5 Å². The Bertz CT molecular complexity index is 246. The van der Waals surface area contributed by atoms with Gasteiger partial charge in [-0.15, -0.1) is 0 Å². The monoisotopic (exact) mass is 195 g/mol. The largest absolute Gasteiger partial charge is 0.468 e. The van der Waals surface area contributed by atoms with Crippen LogP contribution >= 0.6 is 0 Å². The molecule has 1 aromatic rings. The summed E-state index contributed by atoms with van der Waals surface area (Å²) < 4.78 is 10.4. The Morgan fingerprint density at radius 3 is 2.50 bits per heavy atom. The second-order valence-electron chi connectivity index (χ2n) is 2.94. The molecule has 0 bridgehead atoms. The van der Waals surface area contributed by atoms with E-state index in [0.29, 0.717) is 19.9 Å². The summed E-state index contributed by atoms with van der Waals surface area (Å²) >= 11 is 0. The molecule has 0 aliphatic carbocycles. The third-order valence-electron chi connectivity index (χ3n) is 1.87. The minimum Gasteiger partial charge on any atom is -0.468 e. The van der Waals surface area contributed by atoms with Crippen molar-refractivity contribution in [3.05, 3.63) is 29.8 Å². The van der Waals surface area contributed by atoms with Crippen LogP contribution in [-0.2, 0) is 11.2 Å². The second-order valence-corrected chi connectivity index (χ2v) is 2.94. The van der Waals surface area contributed by atoms with E-state index in [1.807, 2.05) is 31.2 Å². The van der Waals surface area contributed by atoms with E-state index in [0.717, 1.165) is 12.2 Å². The van der Waals surface area contributed by atoms with E-state index in [9.17, 15) is 0 Å². The van der Waals surface area contributed by atoms with Crippen molar-refractivity contribution in [1.82, 2.24) is 0 Å². The highest BCUT2D eigenvalue weighted by Gasteiger charge is 1.94. The average Bonchev–Trinajstić information content (AvgIpc) is 2.21. The van der Waals surface area contributed by atoms with Gasteiger partial charge in [-0.05, 0) is 37.6 Å². The molecule has 0 atom stereocenters. The molecule has 2 N–H and O–H groups in total. The summed E-state index contributed by atoms with van der Waals surface area (Å²) in [7, 11) is 0. The van der Waals surface area contributed by atoms with Crippen molar-refractivity contribution in [3.8, 4) is 5.75 Å². The summed E-state index contributed by atoms with van der Waals surface area (Å²) in [6.07, 6.45) is 0.908. The van der Waals surface area contributed by atoms with Gasteiger partial charge in [0.15, 0.2) is 6.79 Å². The SMILES string of the molecule is CCOCOc1ccc(CCN)cc1. The fourth-order valence-electron chi connectivity index (χ4n) is 1.11. The van der Waals surface area contributed by atoms with Crippen LogP contribution in [0.4, 0.5) is 0 Å². The molecule has 0 spiro atoms. The van der Waals surface area contributed by atoms with Crippen molar-refractivity contribution in [2.75, 3.05) is 19.9 Å². The zero-order chi connectivity index (χ0) is 10.2. The molecule has 1 rings (SSSR count). The molecule has 0 amide bonds. The number of benzene rings is 1. The minimum atomic E-state index is 0.312. The predicted molar refractivity (Wildman–Crippen MR) is 56.3 cm³/mol. The Labute approximate surface area is 84.8 Å². The van der Waals surface area contributed by atoms with Crippen LogP contribution in [0.3, 0.4) is 0 Å². The van der Waals surface area contributed by atoms with Gasteiger partial charge in [-0.25, -0.2) is 0 Å². The molecule has 14 heavy (non-hydrogen) atoms. The minimum absolute atomic E-state index is 0.312. The van der Waals surface area contributed by atoms with E-state index < -0.39 is 0 Å². The van der Waals surface area contributed by atoms with Crippen molar-refractivity contribution >= 4 is 0 Å². The lowest BCUT2D eigenvalue weighted by atomic mass is 10.1. The number of nitrogens with two attached hydrogens (primary N) is 1. The molecular weight excluding hydrogens is 178 g/mol. The van der Waals surface area contributed by atoms with Gasteiger partial charge in [-0.2, -0.15) is 0 Å².